The van der Waals surface area contributed by atoms with Gasteiger partial charge in [-0.05, 0) is 43.2 Å². The summed E-state index contributed by atoms with van der Waals surface area (Å²) in [5.74, 6) is 0. The normalized spacial score (nSPS) is 16.3. The minimum absolute atomic E-state index is 0.140. The summed E-state index contributed by atoms with van der Waals surface area (Å²) in [4.78, 5) is 29.5. The summed E-state index contributed by atoms with van der Waals surface area (Å²) in [6.07, 6.45) is 2.37. The van der Waals surface area contributed by atoms with Gasteiger partial charge in [0.05, 0.1) is 10.4 Å². The maximum atomic E-state index is 12.9. The number of hydrogen-bond donors (Lipinski definition) is 0. The molecule has 0 saturated carbocycles. The molecule has 0 unspecified atom stereocenters. The zero-order chi connectivity index (χ0) is 20.8. The molecule has 3 aromatic rings. The average molecular weight is 435 g/mol. The Hall–Kier alpha value is -2.49. The smallest absolute Gasteiger partial charge is 0.304 e. The van der Waals surface area contributed by atoms with Crippen molar-refractivity contribution in [1.29, 1.82) is 0 Å². The molecule has 10 heteroatoms. The predicted molar refractivity (Wildman–Crippen MR) is 110 cm³/mol. The molecule has 0 spiro atoms. The Morgan fingerprint density at radius 1 is 1.07 bits per heavy atom. The Morgan fingerprint density at radius 3 is 2.48 bits per heavy atom. The van der Waals surface area contributed by atoms with Crippen molar-refractivity contribution in [3.05, 3.63) is 68.3 Å². The first-order valence-corrected chi connectivity index (χ1v) is 10.9. The van der Waals surface area contributed by atoms with Crippen molar-refractivity contribution in [2.24, 2.45) is 7.05 Å². The molecule has 0 amide bonds. The van der Waals surface area contributed by atoms with Crippen LogP contribution in [0.5, 0.6) is 0 Å². The Morgan fingerprint density at radius 2 is 1.79 bits per heavy atom. The summed E-state index contributed by atoms with van der Waals surface area (Å²) >= 11 is 5.93. The molecule has 1 fully saturated rings. The Bertz CT molecular complexity index is 1310. The molecule has 1 aliphatic rings. The van der Waals surface area contributed by atoms with E-state index in [9.17, 15) is 18.0 Å². The number of benzene rings is 1. The van der Waals surface area contributed by atoms with E-state index in [0.717, 1.165) is 0 Å². The maximum absolute atomic E-state index is 12.9. The number of nitrogens with zero attached hydrogens (tertiary/aromatic N) is 4. The first kappa shape index (κ1) is 19.8. The molecule has 152 valence electrons. The van der Waals surface area contributed by atoms with Crippen molar-refractivity contribution < 1.29 is 8.42 Å². The summed E-state index contributed by atoms with van der Waals surface area (Å²) in [5.41, 5.74) is -0.281. The van der Waals surface area contributed by atoms with E-state index in [1.165, 1.54) is 32.6 Å². The second-order valence-electron chi connectivity index (χ2n) is 6.98. The molecule has 1 aliphatic heterocycles. The lowest BCUT2D eigenvalue weighted by Gasteiger charge is -2.32. The van der Waals surface area contributed by atoms with E-state index >= 15 is 0 Å². The van der Waals surface area contributed by atoms with Crippen LogP contribution in [0.4, 0.5) is 0 Å². The van der Waals surface area contributed by atoms with Crippen LogP contribution in [-0.2, 0) is 17.1 Å². The van der Waals surface area contributed by atoms with Gasteiger partial charge >= 0.3 is 11.1 Å². The lowest BCUT2D eigenvalue weighted by Crippen LogP contribution is -2.46. The number of aromatic nitrogens is 3. The number of pyridine rings is 1. The van der Waals surface area contributed by atoms with Crippen LogP contribution in [0.1, 0.15) is 18.9 Å². The van der Waals surface area contributed by atoms with Crippen molar-refractivity contribution in [2.75, 3.05) is 13.1 Å². The highest BCUT2D eigenvalue weighted by molar-refractivity contribution is 7.89. The third kappa shape index (κ3) is 3.39. The maximum Gasteiger partial charge on any atom is 0.318 e. The van der Waals surface area contributed by atoms with Crippen molar-refractivity contribution in [1.82, 2.24) is 18.4 Å². The third-order valence-electron chi connectivity index (χ3n) is 5.28. The van der Waals surface area contributed by atoms with E-state index in [2.05, 4.69) is 4.98 Å². The minimum Gasteiger partial charge on any atom is -0.304 e. The highest BCUT2D eigenvalue weighted by atomic mass is 35.5. The molecule has 2 aromatic heterocycles. The van der Waals surface area contributed by atoms with Gasteiger partial charge in [-0.1, -0.05) is 17.7 Å². The van der Waals surface area contributed by atoms with Crippen molar-refractivity contribution >= 4 is 32.8 Å². The minimum atomic E-state index is -3.68. The number of fused-ring (bicyclic) bond motifs is 1. The predicted octanol–water partition coefficient (Wildman–Crippen LogP) is 1.77. The summed E-state index contributed by atoms with van der Waals surface area (Å²) in [6.45, 7) is 0.463. The average Bonchev–Trinajstić information content (AvgIpc) is 2.73. The van der Waals surface area contributed by atoms with E-state index in [0.29, 0.717) is 29.0 Å². The van der Waals surface area contributed by atoms with Gasteiger partial charge in [0.1, 0.15) is 0 Å². The fraction of sp³-hybridized carbons (Fsp3) is 0.316. The SMILES string of the molecule is Cn1c(=O)c(=O)n(C2CCN(S(=O)(=O)c3cccc(Cl)c3)CC2)c2ncccc21. The third-order valence-corrected chi connectivity index (χ3v) is 7.41. The molecule has 8 nitrogen and oxygen atoms in total. The Kier molecular flexibility index (Phi) is 5.05. The van der Waals surface area contributed by atoms with E-state index in [1.54, 1.807) is 30.5 Å². The molecule has 0 aliphatic carbocycles. The highest BCUT2D eigenvalue weighted by Crippen LogP contribution is 2.28. The van der Waals surface area contributed by atoms with Crippen LogP contribution >= 0.6 is 11.6 Å². The molecule has 0 bridgehead atoms. The van der Waals surface area contributed by atoms with Crippen molar-refractivity contribution in [3.63, 3.8) is 0 Å². The van der Waals surface area contributed by atoms with E-state index in [1.807, 2.05) is 0 Å². The van der Waals surface area contributed by atoms with Crippen LogP contribution < -0.4 is 11.1 Å². The van der Waals surface area contributed by atoms with Gasteiger partial charge in [0.25, 0.3) is 0 Å². The first-order chi connectivity index (χ1) is 13.8. The van der Waals surface area contributed by atoms with Crippen molar-refractivity contribution in [2.45, 2.75) is 23.8 Å². The van der Waals surface area contributed by atoms with Crippen LogP contribution in [-0.4, -0.2) is 39.9 Å². The summed E-state index contributed by atoms with van der Waals surface area (Å²) in [6, 6.07) is 9.28. The van der Waals surface area contributed by atoms with Gasteiger partial charge in [-0.15, -0.1) is 0 Å². The molecule has 0 N–H and O–H groups in total. The fourth-order valence-corrected chi connectivity index (χ4v) is 5.52. The molecular formula is C19H19ClN4O4S. The number of aryl methyl sites for hydroxylation is 1. The van der Waals surface area contributed by atoms with Gasteiger partial charge in [0.2, 0.25) is 10.0 Å². The van der Waals surface area contributed by atoms with Gasteiger partial charge in [0.15, 0.2) is 5.65 Å². The molecular weight excluding hydrogens is 416 g/mol. The topological polar surface area (TPSA) is 94.3 Å². The van der Waals surface area contributed by atoms with Gasteiger partial charge in [0, 0.05) is 37.4 Å². The number of halogens is 1. The molecule has 29 heavy (non-hydrogen) atoms. The van der Waals surface area contributed by atoms with Gasteiger partial charge in [-0.25, -0.2) is 13.4 Å². The quantitative estimate of drug-likeness (QED) is 0.585. The molecule has 1 aromatic carbocycles. The summed E-state index contributed by atoms with van der Waals surface area (Å²) in [5, 5.41) is 0.352. The summed E-state index contributed by atoms with van der Waals surface area (Å²) in [7, 11) is -2.14. The van der Waals surface area contributed by atoms with Crippen LogP contribution in [0, 0.1) is 0 Å². The van der Waals surface area contributed by atoms with Crippen LogP contribution in [0.15, 0.2) is 57.1 Å². The number of rotatable bonds is 3. The first-order valence-electron chi connectivity index (χ1n) is 9.12. The van der Waals surface area contributed by atoms with Crippen LogP contribution in [0.25, 0.3) is 11.2 Å². The molecule has 1 saturated heterocycles. The monoisotopic (exact) mass is 434 g/mol. The molecule has 4 rings (SSSR count). The zero-order valence-corrected chi connectivity index (χ0v) is 17.2. The van der Waals surface area contributed by atoms with Crippen LogP contribution in [0.2, 0.25) is 5.02 Å². The lowest BCUT2D eigenvalue weighted by molar-refractivity contribution is 0.273. The Balaban J connectivity index is 1.66. The van der Waals surface area contributed by atoms with Crippen LogP contribution in [0.3, 0.4) is 0 Å². The molecule has 3 heterocycles. The molecule has 0 atom stereocenters. The standard InChI is InChI=1S/C19H19ClN4O4S/c1-22-16-6-3-9-21-17(16)24(19(26)18(22)25)14-7-10-23(11-8-14)29(27,28)15-5-2-4-13(20)12-15/h2-6,9,12,14H,7-8,10-11H2,1H3. The second-order valence-corrected chi connectivity index (χ2v) is 9.35. The van der Waals surface area contributed by atoms with Crippen molar-refractivity contribution in [3.8, 4) is 0 Å². The van der Waals surface area contributed by atoms with Gasteiger partial charge in [-0.2, -0.15) is 4.31 Å². The number of sulfonamides is 1. The lowest BCUT2D eigenvalue weighted by atomic mass is 10.1. The largest absolute Gasteiger partial charge is 0.318 e. The molecule has 0 radical (unpaired) electrons. The van der Waals surface area contributed by atoms with Gasteiger partial charge < -0.3 is 4.57 Å². The summed E-state index contributed by atoms with van der Waals surface area (Å²) < 4.78 is 29.9. The second kappa shape index (κ2) is 7.40. The Labute approximate surface area is 172 Å². The van der Waals surface area contributed by atoms with E-state index < -0.39 is 21.1 Å². The number of piperidine rings is 1. The van der Waals surface area contributed by atoms with Gasteiger partial charge in [-0.3, -0.25) is 14.2 Å². The highest BCUT2D eigenvalue weighted by Gasteiger charge is 2.31. The number of hydrogen-bond acceptors (Lipinski definition) is 5. The van der Waals surface area contributed by atoms with E-state index in [-0.39, 0.29) is 24.0 Å². The van der Waals surface area contributed by atoms with E-state index in [4.69, 9.17) is 11.6 Å². The fourth-order valence-electron chi connectivity index (χ4n) is 3.74. The zero-order valence-electron chi connectivity index (χ0n) is 15.7.